The minimum atomic E-state index is 0.397. The maximum Gasteiger partial charge on any atom is 0.143 e. The summed E-state index contributed by atoms with van der Waals surface area (Å²) in [7, 11) is 0. The molecular formula is C17H25NO. The van der Waals surface area contributed by atoms with Gasteiger partial charge in [-0.3, -0.25) is 0 Å². The number of benzene rings is 1. The summed E-state index contributed by atoms with van der Waals surface area (Å²) < 4.78 is 6.33. The van der Waals surface area contributed by atoms with Gasteiger partial charge in [0.05, 0.1) is 11.8 Å². The van der Waals surface area contributed by atoms with Gasteiger partial charge in [0.15, 0.2) is 0 Å². The van der Waals surface area contributed by atoms with E-state index in [2.05, 4.69) is 37.4 Å². The summed E-state index contributed by atoms with van der Waals surface area (Å²) in [4.78, 5) is 0. The number of hydrogen-bond acceptors (Lipinski definition) is 2. The smallest absolute Gasteiger partial charge is 0.143 e. The molecule has 0 amide bonds. The van der Waals surface area contributed by atoms with E-state index in [1.54, 1.807) is 0 Å². The van der Waals surface area contributed by atoms with E-state index in [1.807, 2.05) is 0 Å². The number of ether oxygens (including phenoxy) is 1. The summed E-state index contributed by atoms with van der Waals surface area (Å²) in [6, 6.07) is 6.48. The van der Waals surface area contributed by atoms with Crippen molar-refractivity contribution in [2.45, 2.75) is 52.1 Å². The Morgan fingerprint density at radius 2 is 1.89 bits per heavy atom. The SMILES string of the molecule is CC1CC(C)CC(Oc2cccc3c2NCCC3)C1. The fraction of sp³-hybridized carbons (Fsp3) is 0.647. The first kappa shape index (κ1) is 12.8. The number of hydrogen-bond donors (Lipinski definition) is 1. The monoisotopic (exact) mass is 259 g/mol. The van der Waals surface area contributed by atoms with Crippen molar-refractivity contribution in [3.63, 3.8) is 0 Å². The molecule has 1 saturated carbocycles. The van der Waals surface area contributed by atoms with Crippen molar-refractivity contribution in [2.24, 2.45) is 11.8 Å². The predicted molar refractivity (Wildman–Crippen MR) is 79.8 cm³/mol. The Kier molecular flexibility index (Phi) is 3.67. The van der Waals surface area contributed by atoms with E-state index in [-0.39, 0.29) is 0 Å². The molecule has 1 aromatic rings. The topological polar surface area (TPSA) is 21.3 Å². The summed E-state index contributed by atoms with van der Waals surface area (Å²) in [5, 5.41) is 3.52. The van der Waals surface area contributed by atoms with E-state index in [0.29, 0.717) is 6.10 Å². The summed E-state index contributed by atoms with van der Waals surface area (Å²) in [6.07, 6.45) is 6.56. The van der Waals surface area contributed by atoms with Crippen molar-refractivity contribution in [1.82, 2.24) is 0 Å². The first-order valence-electron chi connectivity index (χ1n) is 7.75. The third kappa shape index (κ3) is 2.88. The Morgan fingerprint density at radius 3 is 2.68 bits per heavy atom. The van der Waals surface area contributed by atoms with Crippen LogP contribution in [0.3, 0.4) is 0 Å². The van der Waals surface area contributed by atoms with E-state index in [0.717, 1.165) is 24.1 Å². The van der Waals surface area contributed by atoms with Crippen molar-refractivity contribution in [2.75, 3.05) is 11.9 Å². The van der Waals surface area contributed by atoms with E-state index >= 15 is 0 Å². The van der Waals surface area contributed by atoms with Crippen molar-refractivity contribution in [1.29, 1.82) is 0 Å². The molecule has 2 nitrogen and oxygen atoms in total. The third-order valence-electron chi connectivity index (χ3n) is 4.47. The van der Waals surface area contributed by atoms with Crippen LogP contribution in [0.1, 0.15) is 45.1 Å². The number of nitrogens with one attached hydrogen (secondary N) is 1. The number of para-hydroxylation sites is 1. The van der Waals surface area contributed by atoms with Crippen LogP contribution in [0.4, 0.5) is 5.69 Å². The molecule has 2 heteroatoms. The van der Waals surface area contributed by atoms with Gasteiger partial charge in [-0.25, -0.2) is 0 Å². The van der Waals surface area contributed by atoms with Crippen molar-refractivity contribution in [3.05, 3.63) is 23.8 Å². The van der Waals surface area contributed by atoms with Gasteiger partial charge in [0.2, 0.25) is 0 Å². The molecule has 0 spiro atoms. The standard InChI is InChI=1S/C17H25NO/c1-12-9-13(2)11-15(10-12)19-16-7-3-5-14-6-4-8-18-17(14)16/h3,5,7,12-13,15,18H,4,6,8-11H2,1-2H3. The van der Waals surface area contributed by atoms with Crippen LogP contribution in [-0.4, -0.2) is 12.6 Å². The quantitative estimate of drug-likeness (QED) is 0.857. The van der Waals surface area contributed by atoms with Crippen LogP contribution in [0.2, 0.25) is 0 Å². The molecule has 0 aromatic heterocycles. The first-order valence-corrected chi connectivity index (χ1v) is 7.75. The minimum Gasteiger partial charge on any atom is -0.488 e. The highest BCUT2D eigenvalue weighted by Crippen LogP contribution is 2.36. The molecule has 1 aliphatic heterocycles. The molecule has 2 unspecified atom stereocenters. The van der Waals surface area contributed by atoms with Crippen LogP contribution in [-0.2, 0) is 6.42 Å². The minimum absolute atomic E-state index is 0.397. The van der Waals surface area contributed by atoms with Crippen molar-refractivity contribution >= 4 is 5.69 Å². The van der Waals surface area contributed by atoms with Gasteiger partial charge in [-0.15, -0.1) is 0 Å². The number of rotatable bonds is 2. The van der Waals surface area contributed by atoms with Gasteiger partial charge in [0, 0.05) is 6.54 Å². The van der Waals surface area contributed by atoms with Crippen LogP contribution in [0, 0.1) is 11.8 Å². The molecule has 0 saturated heterocycles. The lowest BCUT2D eigenvalue weighted by atomic mass is 9.82. The fourth-order valence-electron chi connectivity index (χ4n) is 3.72. The highest BCUT2D eigenvalue weighted by molar-refractivity contribution is 5.63. The Morgan fingerprint density at radius 1 is 1.11 bits per heavy atom. The summed E-state index contributed by atoms with van der Waals surface area (Å²) in [6.45, 7) is 5.78. The van der Waals surface area contributed by atoms with Crippen LogP contribution >= 0.6 is 0 Å². The molecule has 3 rings (SSSR count). The Balaban J connectivity index is 1.76. The van der Waals surface area contributed by atoms with Crippen LogP contribution in [0.25, 0.3) is 0 Å². The highest BCUT2D eigenvalue weighted by atomic mass is 16.5. The maximum atomic E-state index is 6.33. The lowest BCUT2D eigenvalue weighted by Gasteiger charge is -2.33. The second-order valence-corrected chi connectivity index (χ2v) is 6.48. The zero-order valence-corrected chi connectivity index (χ0v) is 12.1. The molecule has 1 N–H and O–H groups in total. The highest BCUT2D eigenvalue weighted by Gasteiger charge is 2.26. The molecule has 19 heavy (non-hydrogen) atoms. The lowest BCUT2D eigenvalue weighted by Crippen LogP contribution is -2.29. The van der Waals surface area contributed by atoms with E-state index < -0.39 is 0 Å². The van der Waals surface area contributed by atoms with Gasteiger partial charge < -0.3 is 10.1 Å². The molecule has 1 aliphatic carbocycles. The van der Waals surface area contributed by atoms with Crippen LogP contribution < -0.4 is 10.1 Å². The average molecular weight is 259 g/mol. The molecule has 2 aliphatic rings. The molecule has 1 aromatic carbocycles. The maximum absolute atomic E-state index is 6.33. The van der Waals surface area contributed by atoms with E-state index in [1.165, 1.54) is 43.4 Å². The number of anilines is 1. The molecular weight excluding hydrogens is 234 g/mol. The van der Waals surface area contributed by atoms with Gasteiger partial charge in [0.1, 0.15) is 5.75 Å². The summed E-state index contributed by atoms with van der Waals surface area (Å²) in [5.74, 6) is 2.66. The predicted octanol–water partition coefficient (Wildman–Crippen LogP) is 4.25. The van der Waals surface area contributed by atoms with Gasteiger partial charge in [-0.2, -0.15) is 0 Å². The molecule has 1 heterocycles. The van der Waals surface area contributed by atoms with Crippen molar-refractivity contribution < 1.29 is 4.74 Å². The molecule has 1 fully saturated rings. The lowest BCUT2D eigenvalue weighted by molar-refractivity contribution is 0.102. The van der Waals surface area contributed by atoms with Crippen LogP contribution in [0.15, 0.2) is 18.2 Å². The molecule has 2 atom stereocenters. The Bertz CT molecular complexity index is 433. The molecule has 0 radical (unpaired) electrons. The first-order chi connectivity index (χ1) is 9.22. The zero-order chi connectivity index (χ0) is 13.2. The second kappa shape index (κ2) is 5.44. The van der Waals surface area contributed by atoms with Crippen LogP contribution in [0.5, 0.6) is 5.75 Å². The van der Waals surface area contributed by atoms with Crippen molar-refractivity contribution in [3.8, 4) is 5.75 Å². The van der Waals surface area contributed by atoms with E-state index in [9.17, 15) is 0 Å². The van der Waals surface area contributed by atoms with Gasteiger partial charge in [-0.1, -0.05) is 26.0 Å². The van der Waals surface area contributed by atoms with Gasteiger partial charge >= 0.3 is 0 Å². The average Bonchev–Trinajstić information content (AvgIpc) is 2.38. The zero-order valence-electron chi connectivity index (χ0n) is 12.1. The number of aryl methyl sites for hydroxylation is 1. The van der Waals surface area contributed by atoms with Gasteiger partial charge in [0.25, 0.3) is 0 Å². The summed E-state index contributed by atoms with van der Waals surface area (Å²) >= 11 is 0. The third-order valence-corrected chi connectivity index (χ3v) is 4.47. The fourth-order valence-corrected chi connectivity index (χ4v) is 3.72. The number of fused-ring (bicyclic) bond motifs is 1. The summed E-state index contributed by atoms with van der Waals surface area (Å²) in [5.41, 5.74) is 2.67. The molecule has 0 bridgehead atoms. The van der Waals surface area contributed by atoms with Gasteiger partial charge in [-0.05, 0) is 55.6 Å². The largest absolute Gasteiger partial charge is 0.488 e. The normalized spacial score (nSPS) is 30.3. The Hall–Kier alpha value is -1.18. The molecule has 104 valence electrons. The second-order valence-electron chi connectivity index (χ2n) is 6.48. The van der Waals surface area contributed by atoms with E-state index in [4.69, 9.17) is 4.74 Å². The Labute approximate surface area is 116 Å².